The van der Waals surface area contributed by atoms with Crippen LogP contribution in [0.1, 0.15) is 5.56 Å². The van der Waals surface area contributed by atoms with Crippen LogP contribution in [0.5, 0.6) is 0 Å². The highest BCUT2D eigenvalue weighted by Gasteiger charge is 2.08. The summed E-state index contributed by atoms with van der Waals surface area (Å²) < 4.78 is 1.29. The van der Waals surface area contributed by atoms with Gasteiger partial charge in [0.1, 0.15) is 6.54 Å². The van der Waals surface area contributed by atoms with Gasteiger partial charge in [0.15, 0.2) is 0 Å². The Hall–Kier alpha value is -2.99. The average Bonchev–Trinajstić information content (AvgIpc) is 2.60. The first kappa shape index (κ1) is 15.9. The van der Waals surface area contributed by atoms with E-state index in [-0.39, 0.29) is 24.6 Å². The van der Waals surface area contributed by atoms with Crippen molar-refractivity contribution in [2.45, 2.75) is 13.0 Å². The number of nitrogens with zero attached hydrogens (tertiary/aromatic N) is 2. The molecule has 0 bridgehead atoms. The van der Waals surface area contributed by atoms with E-state index in [4.69, 9.17) is 5.11 Å². The normalized spacial score (nSPS) is 10.7. The molecule has 122 valence electrons. The Kier molecular flexibility index (Phi) is 4.67. The van der Waals surface area contributed by atoms with Gasteiger partial charge in [-0.25, -0.2) is 4.98 Å². The third-order valence-corrected chi connectivity index (χ3v) is 3.68. The lowest BCUT2D eigenvalue weighted by Gasteiger charge is -2.08. The summed E-state index contributed by atoms with van der Waals surface area (Å²) in [5, 5.41) is 12.1. The van der Waals surface area contributed by atoms with E-state index < -0.39 is 0 Å². The van der Waals surface area contributed by atoms with Crippen molar-refractivity contribution < 1.29 is 9.90 Å². The first-order valence-electron chi connectivity index (χ1n) is 7.61. The van der Waals surface area contributed by atoms with E-state index in [9.17, 15) is 9.59 Å². The largest absolute Gasteiger partial charge is 0.396 e. The van der Waals surface area contributed by atoms with Gasteiger partial charge in [-0.15, -0.1) is 0 Å². The van der Waals surface area contributed by atoms with Crippen LogP contribution in [0.3, 0.4) is 0 Å². The second kappa shape index (κ2) is 7.06. The Labute approximate surface area is 138 Å². The van der Waals surface area contributed by atoms with Crippen LogP contribution in [0.2, 0.25) is 0 Å². The molecule has 6 nitrogen and oxygen atoms in total. The molecule has 0 spiro atoms. The van der Waals surface area contributed by atoms with Gasteiger partial charge in [-0.3, -0.25) is 14.2 Å². The smallest absolute Gasteiger partial charge is 0.261 e. The summed E-state index contributed by atoms with van der Waals surface area (Å²) in [6, 6.07) is 14.3. The summed E-state index contributed by atoms with van der Waals surface area (Å²) >= 11 is 0. The van der Waals surface area contributed by atoms with Gasteiger partial charge in [0.2, 0.25) is 5.91 Å². The zero-order chi connectivity index (χ0) is 16.9. The molecule has 3 aromatic rings. The van der Waals surface area contributed by atoms with Crippen molar-refractivity contribution in [2.75, 3.05) is 11.9 Å². The first-order chi connectivity index (χ1) is 11.7. The maximum absolute atomic E-state index is 12.4. The quantitative estimate of drug-likeness (QED) is 0.746. The standard InChI is InChI=1S/C18H17N3O3/c22-10-9-13-5-7-14(8-6-13)20-17(23)11-21-12-19-16-4-2-1-3-15(16)18(21)24/h1-8,12,22H,9-11H2,(H,20,23). The number of benzene rings is 2. The van der Waals surface area contributed by atoms with Crippen LogP contribution in [-0.4, -0.2) is 27.2 Å². The summed E-state index contributed by atoms with van der Waals surface area (Å²) in [5.74, 6) is -0.302. The predicted octanol–water partition coefficient (Wildman–Crippen LogP) is 1.57. The van der Waals surface area contributed by atoms with E-state index in [1.165, 1.54) is 10.9 Å². The molecule has 0 aliphatic heterocycles. The average molecular weight is 323 g/mol. The summed E-state index contributed by atoms with van der Waals surface area (Å²) in [7, 11) is 0. The number of carbonyl (C=O) groups is 1. The SMILES string of the molecule is O=C(Cn1cnc2ccccc2c1=O)Nc1ccc(CCO)cc1. The van der Waals surface area contributed by atoms with Crippen LogP contribution >= 0.6 is 0 Å². The Morgan fingerprint density at radius 2 is 1.88 bits per heavy atom. The molecule has 0 aliphatic rings. The summed E-state index contributed by atoms with van der Waals surface area (Å²) in [5.41, 5.74) is 2.00. The molecule has 0 saturated carbocycles. The fourth-order valence-electron chi connectivity index (χ4n) is 2.46. The van der Waals surface area contributed by atoms with Gasteiger partial charge in [0.25, 0.3) is 5.56 Å². The predicted molar refractivity (Wildman–Crippen MR) is 91.9 cm³/mol. The minimum atomic E-state index is -0.302. The van der Waals surface area contributed by atoms with Crippen molar-refractivity contribution in [1.82, 2.24) is 9.55 Å². The number of nitrogens with one attached hydrogen (secondary N) is 1. The van der Waals surface area contributed by atoms with Crippen molar-refractivity contribution in [1.29, 1.82) is 0 Å². The first-order valence-corrected chi connectivity index (χ1v) is 7.61. The molecule has 3 rings (SSSR count). The van der Waals surface area contributed by atoms with Crippen LogP contribution < -0.4 is 10.9 Å². The molecule has 2 N–H and O–H groups in total. The monoisotopic (exact) mass is 323 g/mol. The van der Waals surface area contributed by atoms with Gasteiger partial charge >= 0.3 is 0 Å². The van der Waals surface area contributed by atoms with Crippen molar-refractivity contribution in [3.63, 3.8) is 0 Å². The van der Waals surface area contributed by atoms with Crippen LogP contribution in [0.4, 0.5) is 5.69 Å². The Morgan fingerprint density at radius 3 is 2.62 bits per heavy atom. The van der Waals surface area contributed by atoms with E-state index in [2.05, 4.69) is 10.3 Å². The van der Waals surface area contributed by atoms with Crippen LogP contribution in [0, 0.1) is 0 Å². The fourth-order valence-corrected chi connectivity index (χ4v) is 2.46. The van der Waals surface area contributed by atoms with Crippen LogP contribution in [-0.2, 0) is 17.8 Å². The third kappa shape index (κ3) is 3.49. The number of aromatic nitrogens is 2. The molecular formula is C18H17N3O3. The molecule has 0 aliphatic carbocycles. The summed E-state index contributed by atoms with van der Waals surface area (Å²) in [6.45, 7) is -0.0152. The molecule has 0 radical (unpaired) electrons. The van der Waals surface area contributed by atoms with Gasteiger partial charge in [-0.1, -0.05) is 24.3 Å². The maximum Gasteiger partial charge on any atom is 0.261 e. The zero-order valence-corrected chi connectivity index (χ0v) is 13.0. The highest BCUT2D eigenvalue weighted by atomic mass is 16.3. The molecule has 2 aromatic carbocycles. The molecule has 24 heavy (non-hydrogen) atoms. The Morgan fingerprint density at radius 1 is 1.12 bits per heavy atom. The van der Waals surface area contributed by atoms with E-state index in [1.807, 2.05) is 18.2 Å². The lowest BCUT2D eigenvalue weighted by molar-refractivity contribution is -0.116. The lowest BCUT2D eigenvalue weighted by Crippen LogP contribution is -2.27. The van der Waals surface area contributed by atoms with Crippen molar-refractivity contribution in [3.8, 4) is 0 Å². The molecule has 0 saturated heterocycles. The summed E-state index contributed by atoms with van der Waals surface area (Å²) in [4.78, 5) is 28.7. The van der Waals surface area contributed by atoms with E-state index in [0.717, 1.165) is 5.56 Å². The molecule has 0 unspecified atom stereocenters. The number of para-hydroxylation sites is 1. The number of fused-ring (bicyclic) bond motifs is 1. The highest BCUT2D eigenvalue weighted by molar-refractivity contribution is 5.90. The number of hydrogen-bond acceptors (Lipinski definition) is 4. The Bertz CT molecular complexity index is 917. The second-order valence-electron chi connectivity index (χ2n) is 5.41. The van der Waals surface area contributed by atoms with Gasteiger partial charge in [-0.05, 0) is 36.2 Å². The van der Waals surface area contributed by atoms with E-state index in [0.29, 0.717) is 23.0 Å². The van der Waals surface area contributed by atoms with Crippen molar-refractivity contribution in [3.05, 3.63) is 70.8 Å². The minimum absolute atomic E-state index is 0.0869. The maximum atomic E-state index is 12.4. The third-order valence-electron chi connectivity index (χ3n) is 3.68. The fraction of sp³-hybridized carbons (Fsp3) is 0.167. The van der Waals surface area contributed by atoms with Gasteiger partial charge in [0.05, 0.1) is 17.2 Å². The molecule has 1 amide bonds. The van der Waals surface area contributed by atoms with Gasteiger partial charge in [-0.2, -0.15) is 0 Å². The van der Waals surface area contributed by atoms with Crippen LogP contribution in [0.25, 0.3) is 10.9 Å². The van der Waals surface area contributed by atoms with E-state index >= 15 is 0 Å². The second-order valence-corrected chi connectivity index (χ2v) is 5.41. The molecule has 1 aromatic heterocycles. The zero-order valence-electron chi connectivity index (χ0n) is 13.0. The van der Waals surface area contributed by atoms with Gasteiger partial charge in [0, 0.05) is 12.3 Å². The topological polar surface area (TPSA) is 84.2 Å². The summed E-state index contributed by atoms with van der Waals surface area (Å²) in [6.07, 6.45) is 1.96. The number of aliphatic hydroxyl groups is 1. The highest BCUT2D eigenvalue weighted by Crippen LogP contribution is 2.10. The number of anilines is 1. The minimum Gasteiger partial charge on any atom is -0.396 e. The molecule has 0 fully saturated rings. The molecular weight excluding hydrogens is 306 g/mol. The molecule has 1 heterocycles. The molecule has 6 heteroatoms. The van der Waals surface area contributed by atoms with Crippen molar-refractivity contribution in [2.24, 2.45) is 0 Å². The molecule has 0 atom stereocenters. The van der Waals surface area contributed by atoms with E-state index in [1.54, 1.807) is 30.3 Å². The number of amides is 1. The van der Waals surface area contributed by atoms with Crippen LogP contribution in [0.15, 0.2) is 59.7 Å². The number of aliphatic hydroxyl groups excluding tert-OH is 1. The Balaban J connectivity index is 1.73. The number of rotatable bonds is 5. The lowest BCUT2D eigenvalue weighted by atomic mass is 10.1. The van der Waals surface area contributed by atoms with Crippen molar-refractivity contribution >= 4 is 22.5 Å². The number of hydrogen-bond donors (Lipinski definition) is 2. The number of carbonyl (C=O) groups excluding carboxylic acids is 1. The van der Waals surface area contributed by atoms with Gasteiger partial charge < -0.3 is 10.4 Å².